The fourth-order valence-corrected chi connectivity index (χ4v) is 3.24. The molecule has 0 saturated carbocycles. The molecule has 0 amide bonds. The first kappa shape index (κ1) is 38.3. The van der Waals surface area contributed by atoms with E-state index in [4.69, 9.17) is 33.5 Å². The molecule has 4 heterocycles. The molecule has 45 heavy (non-hydrogen) atoms. The Labute approximate surface area is 276 Å². The molecule has 13 heteroatoms. The van der Waals surface area contributed by atoms with E-state index in [2.05, 4.69) is 32.1 Å². The largest absolute Gasteiger partial charge is 0.524 e. The number of methoxy groups -OCH3 is 6. The summed E-state index contributed by atoms with van der Waals surface area (Å²) in [7, 11) is 9.37. The van der Waals surface area contributed by atoms with Crippen LogP contribution in [0.1, 0.15) is 20.8 Å². The zero-order valence-corrected chi connectivity index (χ0v) is 28.9. The van der Waals surface area contributed by atoms with Crippen molar-refractivity contribution < 1.29 is 58.4 Å². The van der Waals surface area contributed by atoms with Crippen LogP contribution < -0.4 is 28.4 Å². The number of ether oxygens (including phenoxy) is 6. The van der Waals surface area contributed by atoms with Crippen LogP contribution in [-0.4, -0.2) is 73.5 Å². The molecule has 0 atom stereocenters. The number of hydrogen-bond acceptors (Lipinski definition) is 12. The molecule has 0 fully saturated rings. The van der Waals surface area contributed by atoms with E-state index in [-0.39, 0.29) is 31.6 Å². The van der Waals surface area contributed by atoms with Crippen LogP contribution in [0.15, 0.2) is 60.1 Å². The normalized spacial score (nSPS) is 10.2. The first-order valence-corrected chi connectivity index (χ1v) is 13.0. The van der Waals surface area contributed by atoms with Crippen molar-refractivity contribution in [3.63, 3.8) is 0 Å². The Morgan fingerprint density at radius 3 is 1.33 bits per heavy atom. The van der Waals surface area contributed by atoms with Crippen molar-refractivity contribution >= 4 is 5.78 Å². The van der Waals surface area contributed by atoms with Crippen LogP contribution in [0.5, 0.6) is 35.0 Å². The van der Waals surface area contributed by atoms with Gasteiger partial charge in [0.15, 0.2) is 5.78 Å². The predicted molar refractivity (Wildman–Crippen MR) is 164 cm³/mol. The molecule has 0 saturated heterocycles. The number of Topliss-reactive ketones (excluding diaryl/α,β-unsaturated/α-hetero) is 1. The Hall–Kier alpha value is -4.74. The number of nitrogens with zero attached hydrogens (tertiary/aromatic N) is 4. The zero-order valence-electron chi connectivity index (χ0n) is 26.5. The maximum absolute atomic E-state index is 10.4. The molecule has 0 aliphatic carbocycles. The number of hydrogen-bond donors (Lipinski definition) is 1. The van der Waals surface area contributed by atoms with Gasteiger partial charge in [-0.05, 0) is 56.4 Å². The van der Waals surface area contributed by atoms with Crippen molar-refractivity contribution in [2.75, 3.05) is 42.7 Å². The van der Waals surface area contributed by atoms with Crippen LogP contribution in [0.25, 0.3) is 22.5 Å². The summed E-state index contributed by atoms with van der Waals surface area (Å²) < 4.78 is 30.8. The third kappa shape index (κ3) is 11.4. The number of allylic oxidation sites excluding steroid dienone is 2. The fourth-order valence-electron chi connectivity index (χ4n) is 3.24. The Morgan fingerprint density at radius 2 is 1.07 bits per heavy atom. The first-order valence-electron chi connectivity index (χ1n) is 13.0. The van der Waals surface area contributed by atoms with E-state index in [1.54, 1.807) is 98.4 Å². The van der Waals surface area contributed by atoms with Gasteiger partial charge in [-0.15, -0.1) is 12.1 Å². The Morgan fingerprint density at radius 1 is 0.667 bits per heavy atom. The second-order valence-electron chi connectivity index (χ2n) is 8.58. The molecule has 0 aliphatic heterocycles. The van der Waals surface area contributed by atoms with Crippen LogP contribution in [0, 0.1) is 12.1 Å². The summed E-state index contributed by atoms with van der Waals surface area (Å²) in [6, 6.07) is 16.5. The first-order chi connectivity index (χ1) is 21.1. The van der Waals surface area contributed by atoms with Gasteiger partial charge in [0.05, 0.1) is 48.4 Å². The predicted octanol–water partition coefficient (Wildman–Crippen LogP) is 5.36. The van der Waals surface area contributed by atoms with Gasteiger partial charge >= 0.3 is 0 Å². The number of aliphatic hydroxyl groups excluding tert-OH is 1. The summed E-state index contributed by atoms with van der Waals surface area (Å²) in [5, 5.41) is 8.65. The molecule has 0 aromatic carbocycles. The van der Waals surface area contributed by atoms with Gasteiger partial charge in [-0.2, -0.15) is 0 Å². The van der Waals surface area contributed by atoms with E-state index >= 15 is 0 Å². The smallest absolute Gasteiger partial charge is 0.158 e. The van der Waals surface area contributed by atoms with Gasteiger partial charge in [0.25, 0.3) is 0 Å². The van der Waals surface area contributed by atoms with Crippen LogP contribution in [0.2, 0.25) is 0 Å². The molecule has 4 aromatic rings. The van der Waals surface area contributed by atoms with Crippen LogP contribution in [-0.2, 0) is 24.9 Å². The molecular weight excluding hydrogens is 761 g/mol. The van der Waals surface area contributed by atoms with Crippen molar-refractivity contribution in [1.29, 1.82) is 0 Å². The van der Waals surface area contributed by atoms with Gasteiger partial charge < -0.3 is 43.5 Å². The van der Waals surface area contributed by atoms with Crippen LogP contribution in [0.4, 0.5) is 0 Å². The number of carbonyl (C=O) groups excluding carboxylic acids is 1. The van der Waals surface area contributed by atoms with Gasteiger partial charge in [-0.1, -0.05) is 23.3 Å². The van der Waals surface area contributed by atoms with E-state index < -0.39 is 0 Å². The molecule has 243 valence electrons. The van der Waals surface area contributed by atoms with Crippen molar-refractivity contribution in [3.05, 3.63) is 72.3 Å². The maximum atomic E-state index is 10.4. The van der Waals surface area contributed by atoms with Crippen LogP contribution in [0.3, 0.4) is 0 Å². The average molecular weight is 797 g/mol. The van der Waals surface area contributed by atoms with Crippen molar-refractivity contribution in [1.82, 2.24) is 19.9 Å². The summed E-state index contributed by atoms with van der Waals surface area (Å²) in [5.74, 6) is 3.17. The molecule has 0 spiro atoms. The summed E-state index contributed by atoms with van der Waals surface area (Å²) in [5.41, 5.74) is 3.13. The number of pyridine rings is 4. The summed E-state index contributed by atoms with van der Waals surface area (Å²) >= 11 is 0. The van der Waals surface area contributed by atoms with E-state index in [1.807, 2.05) is 0 Å². The van der Waals surface area contributed by atoms with E-state index in [0.717, 1.165) is 0 Å². The second-order valence-corrected chi connectivity index (χ2v) is 8.58. The molecule has 0 aliphatic rings. The number of carbonyl (C=O) groups is 1. The SMILES string of the molecule is CC(=O)/C(C)=C(/C)O.COc1ccnc(-c2[c-]cc(OC)nc2OC)c1.COc1ccnc(-c2[c-]cc(OC)nc2OC)c1.[Ir]. The van der Waals surface area contributed by atoms with Crippen molar-refractivity contribution in [2.45, 2.75) is 20.8 Å². The monoisotopic (exact) mass is 797 g/mol. The van der Waals surface area contributed by atoms with Gasteiger partial charge in [0.2, 0.25) is 0 Å². The number of aromatic nitrogens is 4. The Kier molecular flexibility index (Phi) is 16.6. The average Bonchev–Trinajstić information content (AvgIpc) is 3.07. The molecule has 12 nitrogen and oxygen atoms in total. The zero-order chi connectivity index (χ0) is 32.6. The Balaban J connectivity index is 0.000000359. The molecule has 1 radical (unpaired) electrons. The van der Waals surface area contributed by atoms with Gasteiger partial charge in [-0.3, -0.25) is 14.8 Å². The molecule has 0 unspecified atom stereocenters. The quantitative estimate of drug-likeness (QED) is 0.132. The van der Waals surface area contributed by atoms with Gasteiger partial charge in [0.1, 0.15) is 35.0 Å². The molecule has 0 bridgehead atoms. The molecular formula is C32H36IrN4O8-2. The van der Waals surface area contributed by atoms with Crippen molar-refractivity contribution in [3.8, 4) is 57.5 Å². The van der Waals surface area contributed by atoms with E-state index in [1.165, 1.54) is 13.8 Å². The van der Waals surface area contributed by atoms with Gasteiger partial charge in [0, 0.05) is 38.1 Å². The fraction of sp³-hybridized carbons (Fsp3) is 0.281. The third-order valence-corrected chi connectivity index (χ3v) is 5.85. The minimum absolute atomic E-state index is 0. The maximum Gasteiger partial charge on any atom is 0.158 e. The number of ketones is 1. The number of rotatable bonds is 9. The molecule has 4 aromatic heterocycles. The van der Waals surface area contributed by atoms with Gasteiger partial charge in [-0.25, -0.2) is 0 Å². The van der Waals surface area contributed by atoms with Crippen molar-refractivity contribution in [2.24, 2.45) is 0 Å². The minimum atomic E-state index is -0.0787. The molecule has 4 rings (SSSR count). The number of aliphatic hydroxyl groups is 1. The van der Waals surface area contributed by atoms with E-state index in [0.29, 0.717) is 63.1 Å². The topological polar surface area (TPSA) is 144 Å². The van der Waals surface area contributed by atoms with Crippen LogP contribution >= 0.6 is 0 Å². The standard InChI is InChI=1S/2C13H13N2O3.C6H10O2.Ir/c2*1-16-9-6-7-14-11(8-9)10-4-5-12(17-2)15-13(10)18-3;1-4(5(2)7)6(3)8;/h2*5-8H,1-3H3;7H,1-3H3;/q2*-1;;/b;;5-4-;. The Bertz CT molecular complexity index is 1460. The third-order valence-electron chi connectivity index (χ3n) is 5.85. The minimum Gasteiger partial charge on any atom is -0.524 e. The summed E-state index contributed by atoms with van der Waals surface area (Å²) in [6.45, 7) is 4.52. The second kappa shape index (κ2) is 19.5. The molecule has 1 N–H and O–H groups in total. The summed E-state index contributed by atoms with van der Waals surface area (Å²) in [4.78, 5) is 27.2. The van der Waals surface area contributed by atoms with E-state index in [9.17, 15) is 4.79 Å². The summed E-state index contributed by atoms with van der Waals surface area (Å²) in [6.07, 6.45) is 3.32.